The SMILES string of the molecule is CCCCCCN(CCN1CCOCC1)C(=O)CS[C@@H](C)C(=O)Nc1cc(C)on1. The summed E-state index contributed by atoms with van der Waals surface area (Å²) in [4.78, 5) is 29.5. The molecule has 0 aromatic carbocycles. The molecule has 0 radical (unpaired) electrons. The molecule has 1 saturated heterocycles. The summed E-state index contributed by atoms with van der Waals surface area (Å²) in [5, 5.41) is 6.14. The lowest BCUT2D eigenvalue weighted by Gasteiger charge is -2.30. The Balaban J connectivity index is 1.79. The van der Waals surface area contributed by atoms with Crippen molar-refractivity contribution in [1.82, 2.24) is 15.0 Å². The third-order valence-corrected chi connectivity index (χ3v) is 6.26. The molecular weight excluding hydrogens is 404 g/mol. The third-order valence-electron chi connectivity index (χ3n) is 5.13. The van der Waals surface area contributed by atoms with Crippen LogP contribution in [0.3, 0.4) is 0 Å². The minimum Gasteiger partial charge on any atom is -0.379 e. The highest BCUT2D eigenvalue weighted by atomic mass is 32.2. The standard InChI is InChI=1S/C21H36N4O4S/c1-4-5-6-7-8-25(10-9-24-11-13-28-14-12-24)20(26)16-30-18(3)21(27)22-19-15-17(2)29-23-19/h15,18H,4-14,16H2,1-3H3,(H,22,23,27)/t18-/m0/s1. The molecule has 0 bridgehead atoms. The zero-order chi connectivity index (χ0) is 21.8. The van der Waals surface area contributed by atoms with Crippen LogP contribution >= 0.6 is 11.8 Å². The van der Waals surface area contributed by atoms with Crippen molar-refractivity contribution in [2.24, 2.45) is 0 Å². The van der Waals surface area contributed by atoms with E-state index in [-0.39, 0.29) is 17.1 Å². The van der Waals surface area contributed by atoms with Gasteiger partial charge in [-0.3, -0.25) is 14.5 Å². The van der Waals surface area contributed by atoms with E-state index in [4.69, 9.17) is 9.26 Å². The van der Waals surface area contributed by atoms with Crippen molar-refractivity contribution < 1.29 is 18.8 Å². The maximum atomic E-state index is 12.9. The molecule has 1 aliphatic heterocycles. The molecule has 1 aromatic rings. The summed E-state index contributed by atoms with van der Waals surface area (Å²) >= 11 is 1.36. The zero-order valence-corrected chi connectivity index (χ0v) is 19.3. The van der Waals surface area contributed by atoms with Gasteiger partial charge in [0.25, 0.3) is 0 Å². The fourth-order valence-corrected chi connectivity index (χ4v) is 3.98. The fraction of sp³-hybridized carbons (Fsp3) is 0.762. The molecule has 1 N–H and O–H groups in total. The first-order chi connectivity index (χ1) is 14.5. The van der Waals surface area contributed by atoms with Crippen LogP contribution in [0.1, 0.15) is 45.3 Å². The Hall–Kier alpha value is -1.58. The highest BCUT2D eigenvalue weighted by molar-refractivity contribution is 8.01. The Morgan fingerprint density at radius 3 is 2.70 bits per heavy atom. The van der Waals surface area contributed by atoms with Gasteiger partial charge >= 0.3 is 0 Å². The molecule has 0 aliphatic carbocycles. The van der Waals surface area contributed by atoms with Gasteiger partial charge in [0.2, 0.25) is 11.8 Å². The molecule has 1 fully saturated rings. The summed E-state index contributed by atoms with van der Waals surface area (Å²) in [5.41, 5.74) is 0. The van der Waals surface area contributed by atoms with Gasteiger partial charge in [-0.15, -0.1) is 11.8 Å². The summed E-state index contributed by atoms with van der Waals surface area (Å²) < 4.78 is 10.4. The average molecular weight is 441 g/mol. The van der Waals surface area contributed by atoms with Gasteiger partial charge in [0.1, 0.15) is 5.76 Å². The molecule has 1 aromatic heterocycles. The van der Waals surface area contributed by atoms with Crippen LogP contribution in [0.2, 0.25) is 0 Å². The maximum Gasteiger partial charge on any atom is 0.238 e. The van der Waals surface area contributed by atoms with Crippen molar-refractivity contribution in [2.75, 3.05) is 57.0 Å². The molecule has 0 saturated carbocycles. The lowest BCUT2D eigenvalue weighted by atomic mass is 10.2. The number of amides is 2. The predicted molar refractivity (Wildman–Crippen MR) is 120 cm³/mol. The van der Waals surface area contributed by atoms with Crippen LogP contribution in [0, 0.1) is 6.92 Å². The van der Waals surface area contributed by atoms with Crippen LogP contribution in [0.15, 0.2) is 10.6 Å². The van der Waals surface area contributed by atoms with Crippen molar-refractivity contribution in [1.29, 1.82) is 0 Å². The van der Waals surface area contributed by atoms with Crippen LogP contribution in [-0.2, 0) is 14.3 Å². The van der Waals surface area contributed by atoms with Gasteiger partial charge < -0.3 is 19.5 Å². The highest BCUT2D eigenvalue weighted by Crippen LogP contribution is 2.15. The number of nitrogens with one attached hydrogen (secondary N) is 1. The van der Waals surface area contributed by atoms with Crippen LogP contribution in [-0.4, -0.2) is 83.7 Å². The number of anilines is 1. The summed E-state index contributed by atoms with van der Waals surface area (Å²) in [6, 6.07) is 1.67. The lowest BCUT2D eigenvalue weighted by Crippen LogP contribution is -2.44. The molecule has 1 atom stereocenters. The number of nitrogens with zero attached hydrogens (tertiary/aromatic N) is 3. The van der Waals surface area contributed by atoms with Gasteiger partial charge in [0.15, 0.2) is 5.82 Å². The Labute approximate surface area is 184 Å². The number of aryl methyl sites for hydroxylation is 1. The Kier molecular flexibility index (Phi) is 11.2. The van der Waals surface area contributed by atoms with Gasteiger partial charge in [0.05, 0.1) is 24.2 Å². The Morgan fingerprint density at radius 2 is 2.03 bits per heavy atom. The first kappa shape index (κ1) is 24.7. The van der Waals surface area contributed by atoms with Crippen molar-refractivity contribution in [3.8, 4) is 0 Å². The topological polar surface area (TPSA) is 87.9 Å². The van der Waals surface area contributed by atoms with Gasteiger partial charge in [-0.05, 0) is 20.3 Å². The van der Waals surface area contributed by atoms with Gasteiger partial charge in [-0.1, -0.05) is 31.3 Å². The number of unbranched alkanes of at least 4 members (excludes halogenated alkanes) is 3. The lowest BCUT2D eigenvalue weighted by molar-refractivity contribution is -0.128. The van der Waals surface area contributed by atoms with E-state index < -0.39 is 0 Å². The van der Waals surface area contributed by atoms with Crippen molar-refractivity contribution in [3.63, 3.8) is 0 Å². The summed E-state index contributed by atoms with van der Waals surface area (Å²) in [7, 11) is 0. The largest absolute Gasteiger partial charge is 0.379 e. The first-order valence-electron chi connectivity index (χ1n) is 10.9. The highest BCUT2D eigenvalue weighted by Gasteiger charge is 2.20. The number of morpholine rings is 1. The number of carbonyl (C=O) groups excluding carboxylic acids is 2. The van der Waals surface area contributed by atoms with Crippen LogP contribution in [0.25, 0.3) is 0 Å². The average Bonchev–Trinajstić information content (AvgIpc) is 3.16. The monoisotopic (exact) mass is 440 g/mol. The first-order valence-corrected chi connectivity index (χ1v) is 12.0. The zero-order valence-electron chi connectivity index (χ0n) is 18.5. The summed E-state index contributed by atoms with van der Waals surface area (Å²) in [5.74, 6) is 1.26. The van der Waals surface area contributed by atoms with E-state index in [0.29, 0.717) is 17.3 Å². The van der Waals surface area contributed by atoms with Crippen molar-refractivity contribution >= 4 is 29.4 Å². The van der Waals surface area contributed by atoms with Crippen LogP contribution in [0.4, 0.5) is 5.82 Å². The van der Waals surface area contributed by atoms with Crippen LogP contribution < -0.4 is 5.32 Å². The molecule has 2 heterocycles. The number of hydrogen-bond acceptors (Lipinski definition) is 7. The minimum atomic E-state index is -0.354. The Morgan fingerprint density at radius 1 is 1.27 bits per heavy atom. The fourth-order valence-electron chi connectivity index (χ4n) is 3.19. The summed E-state index contributed by atoms with van der Waals surface area (Å²) in [6.07, 6.45) is 4.53. The number of ether oxygens (including phenoxy) is 1. The summed E-state index contributed by atoms with van der Waals surface area (Å²) in [6.45, 7) is 11.5. The quantitative estimate of drug-likeness (QED) is 0.472. The smallest absolute Gasteiger partial charge is 0.238 e. The second-order valence-corrected chi connectivity index (χ2v) is 8.99. The molecule has 170 valence electrons. The normalized spacial score (nSPS) is 15.7. The van der Waals surface area contributed by atoms with E-state index in [1.165, 1.54) is 24.6 Å². The van der Waals surface area contributed by atoms with E-state index in [9.17, 15) is 9.59 Å². The van der Waals surface area contributed by atoms with Gasteiger partial charge in [-0.25, -0.2) is 0 Å². The molecule has 9 heteroatoms. The van der Waals surface area contributed by atoms with Gasteiger partial charge in [-0.2, -0.15) is 0 Å². The van der Waals surface area contributed by atoms with Gasteiger partial charge in [0, 0.05) is 38.8 Å². The second-order valence-electron chi connectivity index (χ2n) is 7.66. The number of rotatable bonds is 13. The molecule has 8 nitrogen and oxygen atoms in total. The number of hydrogen-bond donors (Lipinski definition) is 1. The molecule has 0 unspecified atom stereocenters. The molecule has 2 rings (SSSR count). The predicted octanol–water partition coefficient (Wildman–Crippen LogP) is 2.78. The molecular formula is C21H36N4O4S. The van der Waals surface area contributed by atoms with E-state index in [0.717, 1.165) is 58.8 Å². The van der Waals surface area contributed by atoms with Crippen LogP contribution in [0.5, 0.6) is 0 Å². The number of thioether (sulfide) groups is 1. The van der Waals surface area contributed by atoms with E-state index in [1.54, 1.807) is 19.9 Å². The molecule has 2 amide bonds. The molecule has 1 aliphatic rings. The minimum absolute atomic E-state index is 0.0988. The van der Waals surface area contributed by atoms with E-state index in [2.05, 4.69) is 22.3 Å². The molecule has 0 spiro atoms. The van der Waals surface area contributed by atoms with Crippen molar-refractivity contribution in [3.05, 3.63) is 11.8 Å². The van der Waals surface area contributed by atoms with E-state index in [1.807, 2.05) is 4.90 Å². The molecule has 30 heavy (non-hydrogen) atoms. The number of aromatic nitrogens is 1. The Bertz CT molecular complexity index is 649. The third kappa shape index (κ3) is 9.06. The maximum absolute atomic E-state index is 12.9. The number of carbonyl (C=O) groups is 2. The second kappa shape index (κ2) is 13.7. The van der Waals surface area contributed by atoms with E-state index >= 15 is 0 Å². The van der Waals surface area contributed by atoms with Crippen molar-refractivity contribution in [2.45, 2.75) is 51.7 Å².